The highest BCUT2D eigenvalue weighted by Gasteiger charge is 2.09. The lowest BCUT2D eigenvalue weighted by molar-refractivity contribution is 0.0953. The van der Waals surface area contributed by atoms with Crippen LogP contribution in [-0.2, 0) is 13.0 Å². The summed E-state index contributed by atoms with van der Waals surface area (Å²) < 4.78 is 0. The van der Waals surface area contributed by atoms with E-state index < -0.39 is 0 Å². The fraction of sp³-hybridized carbons (Fsp3) is 0.429. The minimum atomic E-state index is -0.0268. The number of nitrogens with zero attached hydrogens (tertiary/aromatic N) is 1. The fourth-order valence-corrected chi connectivity index (χ4v) is 3.74. The molecule has 154 valence electrons. The molecule has 28 heavy (non-hydrogen) atoms. The topological polar surface area (TPSA) is 65.5 Å². The Hall–Kier alpha value is -1.61. The van der Waals surface area contributed by atoms with Gasteiger partial charge in [-0.2, -0.15) is 0 Å². The van der Waals surface area contributed by atoms with Crippen molar-refractivity contribution in [3.05, 3.63) is 57.3 Å². The molecule has 1 aromatic carbocycles. The maximum atomic E-state index is 12.1. The van der Waals surface area contributed by atoms with Gasteiger partial charge in [0.05, 0.1) is 0 Å². The Morgan fingerprint density at radius 1 is 1.21 bits per heavy atom. The molecule has 0 bridgehead atoms. The van der Waals surface area contributed by atoms with Gasteiger partial charge in [-0.3, -0.25) is 9.79 Å². The number of aryl methyl sites for hydroxylation is 1. The normalized spacial score (nSPS) is 12.1. The number of hydrogen-bond acceptors (Lipinski definition) is 3. The first-order chi connectivity index (χ1) is 13.0. The number of rotatable bonds is 8. The molecule has 0 aliphatic rings. The first-order valence-corrected chi connectivity index (χ1v) is 10.2. The van der Waals surface area contributed by atoms with Gasteiger partial charge in [0.15, 0.2) is 5.96 Å². The summed E-state index contributed by atoms with van der Waals surface area (Å²) in [4.78, 5) is 19.1. The molecule has 0 radical (unpaired) electrons. The molecule has 1 unspecified atom stereocenters. The van der Waals surface area contributed by atoms with Crippen LogP contribution in [-0.4, -0.2) is 31.5 Å². The zero-order chi connectivity index (χ0) is 19.6. The van der Waals surface area contributed by atoms with Crippen LogP contribution in [0.2, 0.25) is 0 Å². The molecular formula is C21H31IN4OS. The van der Waals surface area contributed by atoms with Crippen molar-refractivity contribution in [1.82, 2.24) is 16.0 Å². The Morgan fingerprint density at radius 3 is 2.64 bits per heavy atom. The second-order valence-electron chi connectivity index (χ2n) is 6.64. The molecule has 1 heterocycles. The SMILES string of the molecule is CCCNC(=O)c1cccc(CNC(=NC)NC(C)Cc2ccc(C)s2)c1.I. The number of nitrogens with one attached hydrogen (secondary N) is 3. The summed E-state index contributed by atoms with van der Waals surface area (Å²) in [5.74, 6) is 0.734. The molecule has 0 spiro atoms. The van der Waals surface area contributed by atoms with E-state index in [1.165, 1.54) is 9.75 Å². The second-order valence-corrected chi connectivity index (χ2v) is 8.02. The van der Waals surface area contributed by atoms with Crippen molar-refractivity contribution in [3.63, 3.8) is 0 Å². The molecule has 2 aromatic rings. The number of carbonyl (C=O) groups excluding carboxylic acids is 1. The van der Waals surface area contributed by atoms with Crippen LogP contribution in [0.4, 0.5) is 0 Å². The zero-order valence-electron chi connectivity index (χ0n) is 17.0. The largest absolute Gasteiger partial charge is 0.354 e. The van der Waals surface area contributed by atoms with Crippen molar-refractivity contribution in [3.8, 4) is 0 Å². The van der Waals surface area contributed by atoms with Gasteiger partial charge in [0.25, 0.3) is 5.91 Å². The molecule has 0 aliphatic carbocycles. The molecule has 3 N–H and O–H groups in total. The monoisotopic (exact) mass is 514 g/mol. The van der Waals surface area contributed by atoms with Crippen LogP contribution in [0.5, 0.6) is 0 Å². The van der Waals surface area contributed by atoms with E-state index in [4.69, 9.17) is 0 Å². The molecular weight excluding hydrogens is 483 g/mol. The Kier molecular flexibility index (Phi) is 11.1. The summed E-state index contributed by atoms with van der Waals surface area (Å²) in [6.45, 7) is 7.63. The second kappa shape index (κ2) is 12.8. The van der Waals surface area contributed by atoms with Gasteiger partial charge < -0.3 is 16.0 Å². The van der Waals surface area contributed by atoms with E-state index in [1.807, 2.05) is 42.5 Å². The van der Waals surface area contributed by atoms with Gasteiger partial charge in [-0.05, 0) is 50.1 Å². The highest BCUT2D eigenvalue weighted by Crippen LogP contribution is 2.16. The Labute approximate surface area is 189 Å². The van der Waals surface area contributed by atoms with Crippen LogP contribution in [0.25, 0.3) is 0 Å². The minimum absolute atomic E-state index is 0. The molecule has 2 rings (SSSR count). The van der Waals surface area contributed by atoms with E-state index in [1.54, 1.807) is 7.05 Å². The van der Waals surface area contributed by atoms with Crippen molar-refractivity contribution in [2.45, 2.75) is 46.2 Å². The van der Waals surface area contributed by atoms with Gasteiger partial charge in [0.1, 0.15) is 0 Å². The predicted molar refractivity (Wildman–Crippen MR) is 130 cm³/mol. The number of halogens is 1. The number of thiophene rings is 1. The van der Waals surface area contributed by atoms with Gasteiger partial charge in [-0.1, -0.05) is 19.1 Å². The molecule has 1 atom stereocenters. The zero-order valence-corrected chi connectivity index (χ0v) is 20.2. The molecule has 5 nitrogen and oxygen atoms in total. The maximum Gasteiger partial charge on any atom is 0.251 e. The van der Waals surface area contributed by atoms with Crippen LogP contribution < -0.4 is 16.0 Å². The standard InChI is InChI=1S/C21H30N4OS.HI/c1-5-11-23-20(26)18-8-6-7-17(13-18)14-24-21(22-4)25-15(2)12-19-10-9-16(3)27-19;/h6-10,13,15H,5,11-12,14H2,1-4H3,(H,23,26)(H2,22,24,25);1H. The van der Waals surface area contributed by atoms with Crippen molar-refractivity contribution in [1.29, 1.82) is 0 Å². The lowest BCUT2D eigenvalue weighted by Gasteiger charge is -2.17. The van der Waals surface area contributed by atoms with Crippen LogP contribution >= 0.6 is 35.3 Å². The van der Waals surface area contributed by atoms with Crippen LogP contribution in [0.15, 0.2) is 41.4 Å². The van der Waals surface area contributed by atoms with E-state index in [0.717, 1.165) is 24.4 Å². The minimum Gasteiger partial charge on any atom is -0.354 e. The highest BCUT2D eigenvalue weighted by atomic mass is 127. The quantitative estimate of drug-likeness (QED) is 0.282. The van der Waals surface area contributed by atoms with E-state index in [2.05, 4.69) is 46.9 Å². The average Bonchev–Trinajstić information content (AvgIpc) is 3.07. The Balaban J connectivity index is 0.00000392. The molecule has 0 aliphatic heterocycles. The van der Waals surface area contributed by atoms with E-state index in [-0.39, 0.29) is 35.9 Å². The molecule has 7 heteroatoms. The lowest BCUT2D eigenvalue weighted by Crippen LogP contribution is -2.42. The van der Waals surface area contributed by atoms with Crippen molar-refractivity contribution in [2.75, 3.05) is 13.6 Å². The maximum absolute atomic E-state index is 12.1. The number of aliphatic imine (C=N–C) groups is 1. The molecule has 0 saturated heterocycles. The van der Waals surface area contributed by atoms with Gasteiger partial charge in [0.2, 0.25) is 0 Å². The smallest absolute Gasteiger partial charge is 0.251 e. The van der Waals surface area contributed by atoms with Gasteiger partial charge in [0, 0.05) is 47.9 Å². The Bertz CT molecular complexity index is 775. The summed E-state index contributed by atoms with van der Waals surface area (Å²) in [6.07, 6.45) is 1.89. The van der Waals surface area contributed by atoms with E-state index in [0.29, 0.717) is 18.7 Å². The third-order valence-corrected chi connectivity index (χ3v) is 5.12. The molecule has 0 saturated carbocycles. The number of amides is 1. The van der Waals surface area contributed by atoms with Crippen LogP contribution in [0.3, 0.4) is 0 Å². The first-order valence-electron chi connectivity index (χ1n) is 9.41. The summed E-state index contributed by atoms with van der Waals surface area (Å²) in [5, 5.41) is 9.66. The van der Waals surface area contributed by atoms with Gasteiger partial charge in [-0.25, -0.2) is 0 Å². The summed E-state index contributed by atoms with van der Waals surface area (Å²) in [5.41, 5.74) is 1.73. The molecule has 1 aromatic heterocycles. The highest BCUT2D eigenvalue weighted by molar-refractivity contribution is 14.0. The predicted octanol–water partition coefficient (Wildman–Crippen LogP) is 4.11. The third kappa shape index (κ3) is 8.18. The third-order valence-electron chi connectivity index (χ3n) is 4.09. The summed E-state index contributed by atoms with van der Waals surface area (Å²) in [6, 6.07) is 12.3. The number of guanidine groups is 1. The van der Waals surface area contributed by atoms with Gasteiger partial charge in [-0.15, -0.1) is 35.3 Å². The van der Waals surface area contributed by atoms with E-state index >= 15 is 0 Å². The average molecular weight is 514 g/mol. The fourth-order valence-electron chi connectivity index (χ4n) is 2.72. The first kappa shape index (κ1) is 24.4. The lowest BCUT2D eigenvalue weighted by atomic mass is 10.1. The van der Waals surface area contributed by atoms with Gasteiger partial charge >= 0.3 is 0 Å². The number of carbonyl (C=O) groups is 1. The Morgan fingerprint density at radius 2 is 2.00 bits per heavy atom. The van der Waals surface area contributed by atoms with Crippen LogP contribution in [0, 0.1) is 6.92 Å². The summed E-state index contributed by atoms with van der Waals surface area (Å²) >= 11 is 1.83. The van der Waals surface area contributed by atoms with E-state index in [9.17, 15) is 4.79 Å². The van der Waals surface area contributed by atoms with Crippen molar-refractivity contribution < 1.29 is 4.79 Å². The number of benzene rings is 1. The number of hydrogen-bond donors (Lipinski definition) is 3. The van der Waals surface area contributed by atoms with Crippen LogP contribution in [0.1, 0.15) is 45.9 Å². The summed E-state index contributed by atoms with van der Waals surface area (Å²) in [7, 11) is 1.77. The van der Waals surface area contributed by atoms with Crippen molar-refractivity contribution >= 4 is 47.2 Å². The van der Waals surface area contributed by atoms with Crippen molar-refractivity contribution in [2.24, 2.45) is 4.99 Å². The molecule has 0 fully saturated rings. The molecule has 1 amide bonds.